The fourth-order valence-electron chi connectivity index (χ4n) is 5.34. The Morgan fingerprint density at radius 2 is 1.88 bits per heavy atom. The summed E-state index contributed by atoms with van der Waals surface area (Å²) < 4.78 is 21.1. The van der Waals surface area contributed by atoms with Crippen molar-refractivity contribution in [2.75, 3.05) is 31.1 Å². The van der Waals surface area contributed by atoms with Crippen LogP contribution in [0.15, 0.2) is 71.4 Å². The minimum atomic E-state index is -0.383. The molecule has 0 aliphatic carbocycles. The van der Waals surface area contributed by atoms with Gasteiger partial charge in [0.25, 0.3) is 0 Å². The third-order valence-electron chi connectivity index (χ3n) is 7.27. The monoisotopic (exact) mass is 465 g/mol. The van der Waals surface area contributed by atoms with E-state index in [1.54, 1.807) is 28.4 Å². The number of anilines is 1. The largest absolute Gasteiger partial charge is 0.440 e. The molecule has 33 heavy (non-hydrogen) atoms. The van der Waals surface area contributed by atoms with E-state index in [1.165, 1.54) is 17.7 Å². The Labute approximate surface area is 198 Å². The molecule has 3 aliphatic heterocycles. The van der Waals surface area contributed by atoms with Crippen LogP contribution in [0.5, 0.6) is 0 Å². The molecule has 0 unspecified atom stereocenters. The summed E-state index contributed by atoms with van der Waals surface area (Å²) in [4.78, 5) is 15.0. The summed E-state index contributed by atoms with van der Waals surface area (Å²) in [7, 11) is 0. The van der Waals surface area contributed by atoms with E-state index in [4.69, 9.17) is 4.74 Å². The Hall–Kier alpha value is -2.70. The van der Waals surface area contributed by atoms with Crippen molar-refractivity contribution in [1.82, 2.24) is 0 Å². The topological polar surface area (TPSA) is 29.5 Å². The summed E-state index contributed by atoms with van der Waals surface area (Å²) in [5.74, 6) is 0.0602. The molecule has 3 saturated heterocycles. The smallest absolute Gasteiger partial charge is 0.415 e. The summed E-state index contributed by atoms with van der Waals surface area (Å²) in [6, 6.07) is 18.8. The van der Waals surface area contributed by atoms with Crippen LogP contribution in [-0.4, -0.2) is 42.9 Å². The SMILES string of the molecule is O=C(O[C@H]1C[N+]2(CCc3ccccc3)CCC1CC2)N(Cc1ccsc1)c1cccc(F)c1. The fourth-order valence-corrected chi connectivity index (χ4v) is 6.00. The zero-order chi connectivity index (χ0) is 22.7. The lowest BCUT2D eigenvalue weighted by Crippen LogP contribution is -2.65. The Kier molecular flexibility index (Phi) is 6.47. The van der Waals surface area contributed by atoms with E-state index in [-0.39, 0.29) is 18.0 Å². The molecule has 2 bridgehead atoms. The highest BCUT2D eigenvalue weighted by Gasteiger charge is 2.47. The molecule has 4 nitrogen and oxygen atoms in total. The maximum absolute atomic E-state index is 13.9. The van der Waals surface area contributed by atoms with Gasteiger partial charge < -0.3 is 9.22 Å². The van der Waals surface area contributed by atoms with Crippen LogP contribution < -0.4 is 4.90 Å². The molecule has 2 aromatic carbocycles. The number of thiophene rings is 1. The molecule has 3 fully saturated rings. The van der Waals surface area contributed by atoms with E-state index in [2.05, 4.69) is 30.3 Å². The number of hydrogen-bond donors (Lipinski definition) is 0. The molecule has 3 aromatic rings. The standard InChI is InChI=1S/C27H30FN2O2S/c28-24-7-4-8-25(17-24)29(18-22-12-16-33-20-22)27(31)32-26-19-30(14-10-23(26)11-15-30)13-9-21-5-2-1-3-6-21/h1-8,12,16-17,20,23,26H,9-11,13-15,18-19H2/q+1/t23?,26-,30?/m0/s1. The molecule has 1 amide bonds. The number of amides is 1. The minimum absolute atomic E-state index is 0.0886. The molecule has 3 aliphatic rings. The summed E-state index contributed by atoms with van der Waals surface area (Å²) in [6.07, 6.45) is 2.76. The lowest BCUT2D eigenvalue weighted by Gasteiger charge is -2.52. The van der Waals surface area contributed by atoms with Crippen LogP contribution in [0.1, 0.15) is 24.0 Å². The van der Waals surface area contributed by atoms with E-state index < -0.39 is 0 Å². The second-order valence-electron chi connectivity index (χ2n) is 9.39. The lowest BCUT2D eigenvalue weighted by atomic mass is 9.83. The quantitative estimate of drug-likeness (QED) is 0.408. The Bertz CT molecular complexity index is 1060. The predicted octanol–water partition coefficient (Wildman–Crippen LogP) is 5.88. The molecule has 0 saturated carbocycles. The van der Waals surface area contributed by atoms with Crippen LogP contribution in [-0.2, 0) is 17.7 Å². The van der Waals surface area contributed by atoms with Crippen LogP contribution in [0, 0.1) is 11.7 Å². The van der Waals surface area contributed by atoms with Gasteiger partial charge in [-0.05, 0) is 46.2 Å². The molecule has 0 radical (unpaired) electrons. The summed E-state index contributed by atoms with van der Waals surface area (Å²) >= 11 is 1.58. The van der Waals surface area contributed by atoms with Gasteiger partial charge in [0.15, 0.2) is 6.10 Å². The third-order valence-corrected chi connectivity index (χ3v) is 8.00. The van der Waals surface area contributed by atoms with Gasteiger partial charge in [-0.15, -0.1) is 0 Å². The van der Waals surface area contributed by atoms with Crippen molar-refractivity contribution in [2.24, 2.45) is 5.92 Å². The van der Waals surface area contributed by atoms with Crippen LogP contribution in [0.25, 0.3) is 0 Å². The van der Waals surface area contributed by atoms with Gasteiger partial charge in [0.2, 0.25) is 0 Å². The molecular formula is C27H30FN2O2S+. The van der Waals surface area contributed by atoms with E-state index in [9.17, 15) is 9.18 Å². The molecule has 1 atom stereocenters. The predicted molar refractivity (Wildman–Crippen MR) is 130 cm³/mol. The number of halogens is 1. The molecule has 1 aromatic heterocycles. The number of quaternary nitrogens is 1. The van der Waals surface area contributed by atoms with Crippen molar-refractivity contribution in [1.29, 1.82) is 0 Å². The van der Waals surface area contributed by atoms with Crippen molar-refractivity contribution < 1.29 is 18.4 Å². The first kappa shape index (κ1) is 22.1. The number of carbonyl (C=O) groups is 1. The minimum Gasteiger partial charge on any atom is -0.440 e. The van der Waals surface area contributed by atoms with Gasteiger partial charge in [-0.2, -0.15) is 11.3 Å². The van der Waals surface area contributed by atoms with Crippen LogP contribution in [0.2, 0.25) is 0 Å². The highest BCUT2D eigenvalue weighted by atomic mass is 32.1. The Balaban J connectivity index is 1.29. The molecule has 6 heteroatoms. The highest BCUT2D eigenvalue weighted by Crippen LogP contribution is 2.36. The van der Waals surface area contributed by atoms with Crippen LogP contribution in [0.3, 0.4) is 0 Å². The number of benzene rings is 2. The third kappa shape index (κ3) is 5.12. The van der Waals surface area contributed by atoms with Gasteiger partial charge >= 0.3 is 6.09 Å². The van der Waals surface area contributed by atoms with Crippen molar-refractivity contribution in [3.05, 3.63) is 88.4 Å². The fraction of sp³-hybridized carbons (Fsp3) is 0.370. The highest BCUT2D eigenvalue weighted by molar-refractivity contribution is 7.07. The van der Waals surface area contributed by atoms with Gasteiger partial charge in [0.1, 0.15) is 12.4 Å². The average Bonchev–Trinajstić information content (AvgIpc) is 3.36. The van der Waals surface area contributed by atoms with Crippen molar-refractivity contribution in [2.45, 2.75) is 31.9 Å². The van der Waals surface area contributed by atoms with Crippen molar-refractivity contribution in [3.63, 3.8) is 0 Å². The van der Waals surface area contributed by atoms with Gasteiger partial charge in [0.05, 0.1) is 31.9 Å². The second kappa shape index (κ2) is 9.65. The van der Waals surface area contributed by atoms with Crippen LogP contribution in [0.4, 0.5) is 14.9 Å². The molecular weight excluding hydrogens is 435 g/mol. The maximum Gasteiger partial charge on any atom is 0.415 e. The van der Waals surface area contributed by atoms with Gasteiger partial charge in [-0.3, -0.25) is 4.90 Å². The maximum atomic E-state index is 13.9. The summed E-state index contributed by atoms with van der Waals surface area (Å²) in [5, 5.41) is 4.00. The lowest BCUT2D eigenvalue weighted by molar-refractivity contribution is -0.945. The van der Waals surface area contributed by atoms with E-state index in [0.29, 0.717) is 18.2 Å². The van der Waals surface area contributed by atoms with Crippen molar-refractivity contribution in [3.8, 4) is 0 Å². The molecule has 4 heterocycles. The van der Waals surface area contributed by atoms with Gasteiger partial charge in [-0.1, -0.05) is 36.4 Å². The Morgan fingerprint density at radius 1 is 1.06 bits per heavy atom. The zero-order valence-corrected chi connectivity index (χ0v) is 19.6. The number of ether oxygens (including phenoxy) is 1. The molecule has 6 rings (SSSR count). The van der Waals surface area contributed by atoms with Crippen molar-refractivity contribution >= 4 is 23.1 Å². The van der Waals surface area contributed by atoms with E-state index in [1.807, 2.05) is 16.8 Å². The van der Waals surface area contributed by atoms with E-state index in [0.717, 1.165) is 55.5 Å². The number of nitrogens with zero attached hydrogens (tertiary/aromatic N) is 2. The summed E-state index contributed by atoms with van der Waals surface area (Å²) in [6.45, 7) is 4.64. The zero-order valence-electron chi connectivity index (χ0n) is 18.7. The van der Waals surface area contributed by atoms with Gasteiger partial charge in [0, 0.05) is 25.2 Å². The number of carbonyl (C=O) groups excluding carboxylic acids is 1. The molecule has 0 N–H and O–H groups in total. The molecule has 172 valence electrons. The summed E-state index contributed by atoms with van der Waals surface area (Å²) in [5.41, 5.74) is 2.90. The molecule has 0 spiro atoms. The average molecular weight is 466 g/mol. The second-order valence-corrected chi connectivity index (χ2v) is 10.2. The Morgan fingerprint density at radius 3 is 2.61 bits per heavy atom. The first-order valence-corrected chi connectivity index (χ1v) is 12.7. The normalized spacial score (nSPS) is 23.9. The van der Waals surface area contributed by atoms with Gasteiger partial charge in [-0.25, -0.2) is 9.18 Å². The number of hydrogen-bond acceptors (Lipinski definition) is 3. The number of piperidine rings is 3. The van der Waals surface area contributed by atoms with Crippen LogP contribution >= 0.6 is 11.3 Å². The first-order valence-electron chi connectivity index (χ1n) is 11.7. The first-order chi connectivity index (χ1) is 16.1. The number of fused-ring (bicyclic) bond motifs is 3. The van der Waals surface area contributed by atoms with E-state index >= 15 is 0 Å². The number of rotatable bonds is 7.